The number of carbonyl (C=O) groups excluding carboxylic acids is 1. The van der Waals surface area contributed by atoms with Crippen molar-refractivity contribution in [2.24, 2.45) is 5.92 Å². The molecule has 0 heterocycles. The number of ether oxygens (including phenoxy) is 1. The fraction of sp³-hybridized carbons (Fsp3) is 0.462. The second kappa shape index (κ2) is 6.55. The molecule has 0 radical (unpaired) electrons. The van der Waals surface area contributed by atoms with Gasteiger partial charge in [0.15, 0.2) is 0 Å². The van der Waals surface area contributed by atoms with Crippen molar-refractivity contribution in [3.8, 4) is 5.75 Å². The van der Waals surface area contributed by atoms with Gasteiger partial charge >= 0.3 is 0 Å². The minimum absolute atomic E-state index is 0.0286. The molecular formula is C13H19NO2S. The van der Waals surface area contributed by atoms with E-state index in [0.29, 0.717) is 6.54 Å². The first-order valence-corrected chi connectivity index (χ1v) is 6.15. The third kappa shape index (κ3) is 4.30. The van der Waals surface area contributed by atoms with Crippen molar-refractivity contribution >= 4 is 18.5 Å². The summed E-state index contributed by atoms with van der Waals surface area (Å²) < 4.78 is 5.06. The molecule has 0 aliphatic carbocycles. The Bertz CT molecular complexity index is 362. The first-order valence-electron chi connectivity index (χ1n) is 5.63. The summed E-state index contributed by atoms with van der Waals surface area (Å²) in [4.78, 5) is 11.7. The topological polar surface area (TPSA) is 38.3 Å². The lowest BCUT2D eigenvalue weighted by molar-refractivity contribution is -0.121. The zero-order chi connectivity index (χ0) is 12.8. The van der Waals surface area contributed by atoms with E-state index in [9.17, 15) is 4.79 Å². The summed E-state index contributed by atoms with van der Waals surface area (Å²) in [5.74, 6) is 1.02. The molecule has 0 saturated heterocycles. The quantitative estimate of drug-likeness (QED) is 0.790. The second-order valence-electron chi connectivity index (χ2n) is 4.25. The predicted octanol–water partition coefficient (Wildman–Crippen LogP) is 2.27. The van der Waals surface area contributed by atoms with Crippen molar-refractivity contribution in [3.05, 3.63) is 29.8 Å². The van der Waals surface area contributed by atoms with E-state index in [2.05, 4.69) is 17.9 Å². The summed E-state index contributed by atoms with van der Waals surface area (Å²) in [7, 11) is 1.63. The molecule has 0 aromatic heterocycles. The molecule has 3 nitrogen and oxygen atoms in total. The molecule has 1 N–H and O–H groups in total. The van der Waals surface area contributed by atoms with E-state index in [1.54, 1.807) is 7.11 Å². The summed E-state index contributed by atoms with van der Waals surface area (Å²) in [6.45, 7) is 4.47. The number of amides is 1. The Labute approximate surface area is 108 Å². The van der Waals surface area contributed by atoms with Gasteiger partial charge in [-0.1, -0.05) is 26.0 Å². The average Bonchev–Trinajstić information content (AvgIpc) is 2.35. The molecule has 0 aliphatic heterocycles. The van der Waals surface area contributed by atoms with E-state index >= 15 is 0 Å². The average molecular weight is 253 g/mol. The molecular weight excluding hydrogens is 234 g/mol. The third-order valence-corrected chi connectivity index (χ3v) is 3.36. The van der Waals surface area contributed by atoms with Gasteiger partial charge < -0.3 is 10.1 Å². The van der Waals surface area contributed by atoms with Crippen molar-refractivity contribution in [3.63, 3.8) is 0 Å². The fourth-order valence-corrected chi connectivity index (χ4v) is 1.43. The van der Waals surface area contributed by atoms with E-state index in [1.165, 1.54) is 0 Å². The molecule has 1 rings (SSSR count). The van der Waals surface area contributed by atoms with Crippen LogP contribution in [0.15, 0.2) is 24.3 Å². The van der Waals surface area contributed by atoms with Gasteiger partial charge in [0.1, 0.15) is 5.75 Å². The number of hydrogen-bond donors (Lipinski definition) is 2. The van der Waals surface area contributed by atoms with Crippen molar-refractivity contribution in [2.75, 3.05) is 7.11 Å². The molecule has 94 valence electrons. The number of thiol groups is 1. The van der Waals surface area contributed by atoms with Crippen LogP contribution in [0.3, 0.4) is 0 Å². The van der Waals surface area contributed by atoms with Gasteiger partial charge in [-0.3, -0.25) is 4.79 Å². The monoisotopic (exact) mass is 253 g/mol. The van der Waals surface area contributed by atoms with Crippen LogP contribution in [0, 0.1) is 5.92 Å². The number of carbonyl (C=O) groups is 1. The summed E-state index contributed by atoms with van der Waals surface area (Å²) in [5, 5.41) is 2.61. The molecule has 1 aromatic carbocycles. The van der Waals surface area contributed by atoms with Gasteiger partial charge in [0.25, 0.3) is 0 Å². The molecule has 1 aromatic rings. The van der Waals surface area contributed by atoms with Gasteiger partial charge in [-0.15, -0.1) is 0 Å². The minimum atomic E-state index is -0.256. The molecule has 0 spiro atoms. The second-order valence-corrected chi connectivity index (χ2v) is 4.81. The lowest BCUT2D eigenvalue weighted by Gasteiger charge is -2.14. The SMILES string of the molecule is COc1ccc(CNC(=O)C(S)C(C)C)cc1. The fourth-order valence-electron chi connectivity index (χ4n) is 1.34. The highest BCUT2D eigenvalue weighted by Gasteiger charge is 2.16. The van der Waals surface area contributed by atoms with Crippen molar-refractivity contribution in [1.29, 1.82) is 0 Å². The Hall–Kier alpha value is -1.16. The summed E-state index contributed by atoms with van der Waals surface area (Å²) >= 11 is 4.27. The van der Waals surface area contributed by atoms with E-state index in [0.717, 1.165) is 11.3 Å². The molecule has 17 heavy (non-hydrogen) atoms. The number of rotatable bonds is 5. The van der Waals surface area contributed by atoms with Crippen LogP contribution in [-0.2, 0) is 11.3 Å². The van der Waals surface area contributed by atoms with Crippen molar-refractivity contribution in [2.45, 2.75) is 25.6 Å². The molecule has 1 atom stereocenters. The van der Waals surface area contributed by atoms with Crippen LogP contribution in [-0.4, -0.2) is 18.3 Å². The molecule has 0 aliphatic rings. The maximum Gasteiger partial charge on any atom is 0.233 e. The first kappa shape index (κ1) is 13.9. The van der Waals surface area contributed by atoms with Crippen LogP contribution in [0.25, 0.3) is 0 Å². The Morgan fingerprint density at radius 3 is 2.41 bits per heavy atom. The largest absolute Gasteiger partial charge is 0.497 e. The highest BCUT2D eigenvalue weighted by atomic mass is 32.1. The van der Waals surface area contributed by atoms with E-state index in [-0.39, 0.29) is 17.1 Å². The van der Waals surface area contributed by atoms with Crippen LogP contribution in [0.1, 0.15) is 19.4 Å². The van der Waals surface area contributed by atoms with E-state index in [1.807, 2.05) is 38.1 Å². The van der Waals surface area contributed by atoms with Crippen molar-refractivity contribution < 1.29 is 9.53 Å². The Balaban J connectivity index is 2.47. The van der Waals surface area contributed by atoms with Crippen molar-refractivity contribution in [1.82, 2.24) is 5.32 Å². The molecule has 0 saturated carbocycles. The smallest absolute Gasteiger partial charge is 0.233 e. The molecule has 0 fully saturated rings. The number of methoxy groups -OCH3 is 1. The maximum atomic E-state index is 11.7. The summed E-state index contributed by atoms with van der Waals surface area (Å²) in [6.07, 6.45) is 0. The van der Waals surface area contributed by atoms with E-state index in [4.69, 9.17) is 4.74 Å². The Morgan fingerprint density at radius 1 is 1.35 bits per heavy atom. The van der Waals surface area contributed by atoms with Crippen LogP contribution < -0.4 is 10.1 Å². The zero-order valence-corrected chi connectivity index (χ0v) is 11.3. The lowest BCUT2D eigenvalue weighted by atomic mass is 10.1. The number of nitrogens with one attached hydrogen (secondary N) is 1. The molecule has 1 amide bonds. The number of hydrogen-bond acceptors (Lipinski definition) is 3. The van der Waals surface area contributed by atoms with Crippen LogP contribution in [0.2, 0.25) is 0 Å². The molecule has 4 heteroatoms. The van der Waals surface area contributed by atoms with Gasteiger partial charge in [-0.05, 0) is 23.6 Å². The molecule has 0 bridgehead atoms. The lowest BCUT2D eigenvalue weighted by Crippen LogP contribution is -2.33. The minimum Gasteiger partial charge on any atom is -0.497 e. The Kier molecular flexibility index (Phi) is 5.35. The van der Waals surface area contributed by atoms with Gasteiger partial charge in [0, 0.05) is 6.54 Å². The van der Waals surface area contributed by atoms with Gasteiger partial charge in [0.05, 0.1) is 12.4 Å². The van der Waals surface area contributed by atoms with Crippen LogP contribution >= 0.6 is 12.6 Å². The first-order chi connectivity index (χ1) is 8.04. The normalized spacial score (nSPS) is 12.3. The highest BCUT2D eigenvalue weighted by Crippen LogP contribution is 2.12. The van der Waals surface area contributed by atoms with Gasteiger partial charge in [-0.25, -0.2) is 0 Å². The van der Waals surface area contributed by atoms with Crippen LogP contribution in [0.4, 0.5) is 0 Å². The number of benzene rings is 1. The highest BCUT2D eigenvalue weighted by molar-refractivity contribution is 7.81. The van der Waals surface area contributed by atoms with Gasteiger partial charge in [-0.2, -0.15) is 12.6 Å². The summed E-state index contributed by atoms with van der Waals surface area (Å²) in [5.41, 5.74) is 1.04. The van der Waals surface area contributed by atoms with Crippen LogP contribution in [0.5, 0.6) is 5.75 Å². The Morgan fingerprint density at radius 2 is 1.94 bits per heavy atom. The van der Waals surface area contributed by atoms with Gasteiger partial charge in [0.2, 0.25) is 5.91 Å². The standard InChI is InChI=1S/C13H19NO2S/c1-9(2)12(17)13(15)14-8-10-4-6-11(16-3)7-5-10/h4-7,9,12,17H,8H2,1-3H3,(H,14,15). The summed E-state index contributed by atoms with van der Waals surface area (Å²) in [6, 6.07) is 7.62. The maximum absolute atomic E-state index is 11.7. The molecule has 1 unspecified atom stereocenters. The zero-order valence-electron chi connectivity index (χ0n) is 10.4. The predicted molar refractivity (Wildman–Crippen MR) is 72.5 cm³/mol. The third-order valence-electron chi connectivity index (χ3n) is 2.53. The van der Waals surface area contributed by atoms with E-state index < -0.39 is 0 Å².